The lowest BCUT2D eigenvalue weighted by Crippen LogP contribution is -2.43. The maximum atomic E-state index is 13.2. The van der Waals surface area contributed by atoms with Crippen LogP contribution in [0.4, 0.5) is 17.3 Å². The van der Waals surface area contributed by atoms with E-state index in [1.165, 1.54) is 0 Å². The molecule has 2 N–H and O–H groups in total. The molecule has 0 radical (unpaired) electrons. The Bertz CT molecular complexity index is 1420. The van der Waals surface area contributed by atoms with Crippen LogP contribution in [-0.4, -0.2) is 53.0 Å². The van der Waals surface area contributed by atoms with E-state index in [0.29, 0.717) is 22.7 Å². The van der Waals surface area contributed by atoms with E-state index in [4.69, 9.17) is 4.74 Å². The fourth-order valence-corrected chi connectivity index (χ4v) is 4.73. The summed E-state index contributed by atoms with van der Waals surface area (Å²) in [5.41, 5.74) is 3.31. The molecule has 0 bridgehead atoms. The van der Waals surface area contributed by atoms with Crippen molar-refractivity contribution >= 4 is 50.9 Å². The van der Waals surface area contributed by atoms with Crippen LogP contribution in [0.15, 0.2) is 53.5 Å². The Morgan fingerprint density at radius 2 is 1.94 bits per heavy atom. The van der Waals surface area contributed by atoms with Crippen molar-refractivity contribution in [2.75, 3.05) is 43.5 Å². The Hall–Kier alpha value is -3.25. The fraction of sp³-hybridized carbons (Fsp3) is 0.250. The number of halogens is 1. The lowest BCUT2D eigenvalue weighted by Gasteiger charge is -2.30. The highest BCUT2D eigenvalue weighted by Crippen LogP contribution is 2.32. The van der Waals surface area contributed by atoms with Gasteiger partial charge in [0.15, 0.2) is 5.65 Å². The van der Waals surface area contributed by atoms with Crippen LogP contribution in [0.1, 0.15) is 0 Å². The number of nitrogens with zero attached hydrogens (tertiary/aromatic N) is 5. The van der Waals surface area contributed by atoms with Crippen LogP contribution in [-0.2, 0) is 7.05 Å². The highest BCUT2D eigenvalue weighted by Gasteiger charge is 2.17. The lowest BCUT2D eigenvalue weighted by molar-refractivity contribution is 0.413. The molecule has 4 aromatic rings. The first-order chi connectivity index (χ1) is 16.5. The Morgan fingerprint density at radius 1 is 1.15 bits per heavy atom. The van der Waals surface area contributed by atoms with Crippen LogP contribution in [0.3, 0.4) is 0 Å². The van der Waals surface area contributed by atoms with Crippen molar-refractivity contribution in [3.05, 3.63) is 62.5 Å². The number of aryl methyl sites for hydroxylation is 1. The van der Waals surface area contributed by atoms with Gasteiger partial charge >= 0.3 is 0 Å². The maximum Gasteiger partial charge on any atom is 0.229 e. The van der Waals surface area contributed by atoms with Crippen LogP contribution in [0, 0.1) is 3.57 Å². The summed E-state index contributed by atoms with van der Waals surface area (Å²) in [5.74, 6) is 1.16. The lowest BCUT2D eigenvalue weighted by atomic mass is 10.1. The number of hydrogen-bond donors (Lipinski definition) is 2. The van der Waals surface area contributed by atoms with Crippen molar-refractivity contribution in [3.8, 4) is 17.0 Å². The van der Waals surface area contributed by atoms with Gasteiger partial charge < -0.3 is 20.3 Å². The number of methoxy groups -OCH3 is 1. The molecule has 174 valence electrons. The molecular formula is C24H24IN7O2. The molecule has 34 heavy (non-hydrogen) atoms. The molecular weight excluding hydrogens is 545 g/mol. The van der Waals surface area contributed by atoms with E-state index in [0.717, 1.165) is 52.4 Å². The Morgan fingerprint density at radius 3 is 2.71 bits per heavy atom. The van der Waals surface area contributed by atoms with Gasteiger partial charge in [0.05, 0.1) is 18.2 Å². The average molecular weight is 569 g/mol. The zero-order valence-electron chi connectivity index (χ0n) is 18.9. The van der Waals surface area contributed by atoms with Crippen molar-refractivity contribution in [2.24, 2.45) is 7.05 Å². The zero-order chi connectivity index (χ0) is 23.7. The molecule has 9 nitrogen and oxygen atoms in total. The van der Waals surface area contributed by atoms with Gasteiger partial charge in [0.1, 0.15) is 11.4 Å². The molecule has 1 fully saturated rings. The number of anilines is 3. The number of nitrogens with one attached hydrogen (secondary N) is 2. The minimum atomic E-state index is -0.189. The average Bonchev–Trinajstić information content (AvgIpc) is 2.87. The molecule has 0 aliphatic carbocycles. The van der Waals surface area contributed by atoms with E-state index in [1.807, 2.05) is 42.5 Å². The molecule has 3 heterocycles. The molecule has 0 atom stereocenters. The molecule has 0 amide bonds. The second kappa shape index (κ2) is 9.55. The summed E-state index contributed by atoms with van der Waals surface area (Å²) in [4.78, 5) is 24.5. The summed E-state index contributed by atoms with van der Waals surface area (Å²) in [5, 5.41) is 11.5. The van der Waals surface area contributed by atoms with E-state index in [9.17, 15) is 4.79 Å². The number of hydrogen-bond acceptors (Lipinski definition) is 8. The van der Waals surface area contributed by atoms with Crippen LogP contribution in [0.2, 0.25) is 0 Å². The zero-order valence-corrected chi connectivity index (χ0v) is 21.0. The van der Waals surface area contributed by atoms with Gasteiger partial charge in [-0.2, -0.15) is 10.1 Å². The highest BCUT2D eigenvalue weighted by atomic mass is 127. The number of ether oxygens (including phenoxy) is 1. The summed E-state index contributed by atoms with van der Waals surface area (Å²) in [7, 11) is 3.45. The molecule has 0 saturated carbocycles. The number of piperazine rings is 1. The van der Waals surface area contributed by atoms with E-state index >= 15 is 0 Å². The summed E-state index contributed by atoms with van der Waals surface area (Å²) in [6.45, 7) is 3.77. The van der Waals surface area contributed by atoms with Crippen molar-refractivity contribution in [3.63, 3.8) is 0 Å². The Labute approximate surface area is 210 Å². The smallest absolute Gasteiger partial charge is 0.229 e. The van der Waals surface area contributed by atoms with Crippen molar-refractivity contribution < 1.29 is 4.74 Å². The van der Waals surface area contributed by atoms with Crippen LogP contribution in [0.25, 0.3) is 22.3 Å². The predicted molar refractivity (Wildman–Crippen MR) is 142 cm³/mol. The van der Waals surface area contributed by atoms with Gasteiger partial charge in [0.2, 0.25) is 11.4 Å². The highest BCUT2D eigenvalue weighted by molar-refractivity contribution is 14.1. The van der Waals surface area contributed by atoms with Gasteiger partial charge in [-0.05, 0) is 40.8 Å². The normalized spacial score (nSPS) is 13.8. The van der Waals surface area contributed by atoms with Crippen LogP contribution in [0.5, 0.6) is 5.75 Å². The molecule has 1 aliphatic heterocycles. The predicted octanol–water partition coefficient (Wildman–Crippen LogP) is 3.16. The van der Waals surface area contributed by atoms with Gasteiger partial charge in [0, 0.05) is 60.3 Å². The summed E-state index contributed by atoms with van der Waals surface area (Å²) >= 11 is 2.21. The number of rotatable bonds is 5. The van der Waals surface area contributed by atoms with Gasteiger partial charge in [-0.3, -0.25) is 4.79 Å². The minimum Gasteiger partial charge on any atom is -0.495 e. The molecule has 0 unspecified atom stereocenters. The fourth-order valence-electron chi connectivity index (χ4n) is 4.09. The third-order valence-electron chi connectivity index (χ3n) is 5.81. The Balaban J connectivity index is 1.47. The summed E-state index contributed by atoms with van der Waals surface area (Å²) in [6, 6.07) is 13.6. The first kappa shape index (κ1) is 22.5. The largest absolute Gasteiger partial charge is 0.495 e. The van der Waals surface area contributed by atoms with E-state index in [2.05, 4.69) is 53.2 Å². The van der Waals surface area contributed by atoms with E-state index in [1.54, 1.807) is 25.0 Å². The molecule has 2 aromatic carbocycles. The van der Waals surface area contributed by atoms with Crippen molar-refractivity contribution in [1.82, 2.24) is 25.1 Å². The van der Waals surface area contributed by atoms with Gasteiger partial charge in [-0.1, -0.05) is 18.2 Å². The first-order valence-corrected chi connectivity index (χ1v) is 12.0. The standard InChI is InChI=1S/C24H24IN7O2/c1-31-23-17(22(33)21(30-31)16-5-3-4-6-18(16)25)14-27-24(29-23)28-15-7-8-19(20(13-15)34-2)32-11-9-26-10-12-32/h3-8,13-14,26H,9-12H2,1-2H3,(H,27,28,29). The topological polar surface area (TPSA) is 97.2 Å². The van der Waals surface area contributed by atoms with E-state index in [-0.39, 0.29) is 5.43 Å². The third kappa shape index (κ3) is 4.30. The Kier molecular flexibility index (Phi) is 6.33. The third-order valence-corrected chi connectivity index (χ3v) is 6.75. The van der Waals surface area contributed by atoms with E-state index < -0.39 is 0 Å². The van der Waals surface area contributed by atoms with Crippen LogP contribution < -0.4 is 25.7 Å². The number of fused-ring (bicyclic) bond motifs is 1. The van der Waals surface area contributed by atoms with Crippen molar-refractivity contribution in [1.29, 1.82) is 0 Å². The second-order valence-corrected chi connectivity index (χ2v) is 9.12. The van der Waals surface area contributed by atoms with Gasteiger partial charge in [-0.25, -0.2) is 9.67 Å². The molecule has 0 spiro atoms. The summed E-state index contributed by atoms with van der Waals surface area (Å²) < 4.78 is 8.23. The second-order valence-electron chi connectivity index (χ2n) is 7.96. The quantitative estimate of drug-likeness (QED) is 0.354. The van der Waals surface area contributed by atoms with Gasteiger partial charge in [-0.15, -0.1) is 0 Å². The van der Waals surface area contributed by atoms with Gasteiger partial charge in [0.25, 0.3) is 0 Å². The molecule has 1 saturated heterocycles. The monoisotopic (exact) mass is 569 g/mol. The van der Waals surface area contributed by atoms with Crippen LogP contribution >= 0.6 is 22.6 Å². The summed E-state index contributed by atoms with van der Waals surface area (Å²) in [6.07, 6.45) is 1.56. The maximum absolute atomic E-state index is 13.2. The first-order valence-electron chi connectivity index (χ1n) is 10.9. The number of aromatic nitrogens is 4. The number of benzene rings is 2. The molecule has 5 rings (SSSR count). The van der Waals surface area contributed by atoms with Crippen molar-refractivity contribution in [2.45, 2.75) is 0 Å². The molecule has 2 aromatic heterocycles. The SMILES string of the molecule is COc1cc(Nc2ncc3c(=O)c(-c4ccccc4I)nn(C)c3n2)ccc1N1CCNCC1. The molecule has 10 heteroatoms. The molecule has 1 aliphatic rings. The minimum absolute atomic E-state index is 0.189.